The van der Waals surface area contributed by atoms with E-state index in [0.717, 1.165) is 32.1 Å². The van der Waals surface area contributed by atoms with E-state index in [9.17, 15) is 14.3 Å². The lowest BCUT2D eigenvalue weighted by Crippen LogP contribution is -2.34. The highest BCUT2D eigenvalue weighted by Crippen LogP contribution is 2.35. The summed E-state index contributed by atoms with van der Waals surface area (Å²) >= 11 is 0. The topological polar surface area (TPSA) is 115 Å². The number of carbonyl (C=O) groups is 1. The lowest BCUT2D eigenvalue weighted by molar-refractivity contribution is -0.110. The smallest absolute Gasteiger partial charge is 0.207 e. The molecule has 0 radical (unpaired) electrons. The summed E-state index contributed by atoms with van der Waals surface area (Å²) in [6, 6.07) is 11.4. The number of pyridine rings is 1. The van der Waals surface area contributed by atoms with Crippen molar-refractivity contribution >= 4 is 17.4 Å². The van der Waals surface area contributed by atoms with Crippen molar-refractivity contribution in [3.05, 3.63) is 47.8 Å². The number of hydrogen-bond donors (Lipinski definition) is 3. The maximum absolute atomic E-state index is 15.0. The molecule has 2 aromatic heterocycles. The molecule has 38 heavy (non-hydrogen) atoms. The average Bonchev–Trinajstić information content (AvgIpc) is 3.61. The van der Waals surface area contributed by atoms with E-state index in [0.29, 0.717) is 40.7 Å². The maximum Gasteiger partial charge on any atom is 0.207 e. The zero-order valence-electron chi connectivity index (χ0n) is 21.6. The Morgan fingerprint density at radius 2 is 1.79 bits per heavy atom. The number of aromatic nitrogens is 2. The van der Waals surface area contributed by atoms with Crippen molar-refractivity contribution < 1.29 is 33.2 Å². The number of rotatable bonds is 6. The number of benzene rings is 1. The first kappa shape index (κ1) is 26.6. The van der Waals surface area contributed by atoms with Gasteiger partial charge in [-0.15, -0.1) is 0 Å². The molecule has 3 aliphatic rings. The van der Waals surface area contributed by atoms with Crippen LogP contribution in [0.1, 0.15) is 37.2 Å². The van der Waals surface area contributed by atoms with E-state index in [1.54, 1.807) is 20.3 Å². The van der Waals surface area contributed by atoms with Crippen LogP contribution in [0.5, 0.6) is 5.88 Å². The Balaban J connectivity index is 0.000000937. The molecule has 2 saturated heterocycles. The number of hydrogen-bond acceptors (Lipinski definition) is 7. The van der Waals surface area contributed by atoms with Crippen molar-refractivity contribution in [2.45, 2.75) is 62.1 Å². The number of carbonyl (C=O) groups excluding carboxylic acids is 1. The fourth-order valence-electron chi connectivity index (χ4n) is 5.58. The molecule has 3 fully saturated rings. The second-order valence-corrected chi connectivity index (χ2v) is 10.1. The van der Waals surface area contributed by atoms with Crippen LogP contribution in [0.2, 0.25) is 0 Å². The van der Waals surface area contributed by atoms with E-state index in [2.05, 4.69) is 32.2 Å². The van der Waals surface area contributed by atoms with Gasteiger partial charge in [-0.25, -0.2) is 9.37 Å². The van der Waals surface area contributed by atoms with E-state index >= 15 is 0 Å². The quantitative estimate of drug-likeness (QED) is 0.422. The third-order valence-electron chi connectivity index (χ3n) is 7.48. The SMILES string of the molecule is COC.O=CNC1CCC(c2ccc(-c3nc4cc(OC5CO[C@@H]6C(O)CO[C@H]56)[nH]c4cc3F)cc2)CC1. The summed E-state index contributed by atoms with van der Waals surface area (Å²) in [7, 11) is 3.25. The molecule has 2 aliphatic heterocycles. The first-order chi connectivity index (χ1) is 18.5. The molecule has 0 spiro atoms. The van der Waals surface area contributed by atoms with E-state index in [1.807, 2.05) is 12.1 Å². The van der Waals surface area contributed by atoms with Gasteiger partial charge in [-0.2, -0.15) is 0 Å². The van der Waals surface area contributed by atoms with Gasteiger partial charge in [0, 0.05) is 38.0 Å². The molecule has 204 valence electrons. The van der Waals surface area contributed by atoms with Crippen LogP contribution in [0.25, 0.3) is 22.3 Å². The van der Waals surface area contributed by atoms with Gasteiger partial charge in [-0.1, -0.05) is 24.3 Å². The summed E-state index contributed by atoms with van der Waals surface area (Å²) in [6.07, 6.45) is 3.06. The summed E-state index contributed by atoms with van der Waals surface area (Å²) in [6.45, 7) is 0.547. The predicted octanol–water partition coefficient (Wildman–Crippen LogP) is 3.31. The Kier molecular flexibility index (Phi) is 8.23. The number of aromatic amines is 1. The first-order valence-electron chi connectivity index (χ1n) is 13.0. The Morgan fingerprint density at radius 3 is 2.50 bits per heavy atom. The van der Waals surface area contributed by atoms with Crippen molar-refractivity contribution in [1.82, 2.24) is 15.3 Å². The highest BCUT2D eigenvalue weighted by Gasteiger charge is 2.48. The number of nitrogens with zero attached hydrogens (tertiary/aromatic N) is 1. The minimum Gasteiger partial charge on any atom is -0.470 e. The molecule has 1 aromatic carbocycles. The van der Waals surface area contributed by atoms with Crippen LogP contribution in [-0.4, -0.2) is 79.4 Å². The molecule has 0 bridgehead atoms. The lowest BCUT2D eigenvalue weighted by atomic mass is 9.81. The largest absolute Gasteiger partial charge is 0.470 e. The van der Waals surface area contributed by atoms with Gasteiger partial charge in [-0.3, -0.25) is 4.79 Å². The second kappa shape index (κ2) is 11.8. The summed E-state index contributed by atoms with van der Waals surface area (Å²) in [5.41, 5.74) is 3.38. The van der Waals surface area contributed by atoms with Crippen molar-refractivity contribution in [2.24, 2.45) is 0 Å². The fourth-order valence-corrected chi connectivity index (χ4v) is 5.58. The monoisotopic (exact) mass is 527 g/mol. The summed E-state index contributed by atoms with van der Waals surface area (Å²) < 4.78 is 36.5. The van der Waals surface area contributed by atoms with Gasteiger partial charge < -0.3 is 34.4 Å². The van der Waals surface area contributed by atoms with Gasteiger partial charge >= 0.3 is 0 Å². The van der Waals surface area contributed by atoms with Crippen LogP contribution in [0.3, 0.4) is 0 Å². The predicted molar refractivity (Wildman–Crippen MR) is 139 cm³/mol. The van der Waals surface area contributed by atoms with Gasteiger partial charge in [0.05, 0.1) is 24.2 Å². The fraction of sp³-hybridized carbons (Fsp3) is 0.500. The summed E-state index contributed by atoms with van der Waals surface area (Å²) in [4.78, 5) is 18.3. The van der Waals surface area contributed by atoms with Gasteiger partial charge in [0.25, 0.3) is 0 Å². The molecule has 6 rings (SSSR count). The number of halogens is 1. The standard InChI is InChI=1S/C26H28FN3O5.C2H6O/c27-18-9-19-20(10-23(29-19)35-22-12-34-25-21(32)11-33-26(22)25)30-24(18)16-3-1-14(2-4-16)15-5-7-17(8-6-15)28-13-31;1-3-2/h1-4,9-10,13,15,17,21-22,25-26,29,32H,5-8,11-12H2,(H,28,31);1-2H3/t15?,17?,21?,22?,25-,26-;/m1./s1. The average molecular weight is 528 g/mol. The number of H-pyrrole nitrogens is 1. The van der Waals surface area contributed by atoms with E-state index in [4.69, 9.17) is 14.2 Å². The molecule has 9 nitrogen and oxygen atoms in total. The lowest BCUT2D eigenvalue weighted by Gasteiger charge is -2.28. The summed E-state index contributed by atoms with van der Waals surface area (Å²) in [5.74, 6) is 0.492. The van der Waals surface area contributed by atoms with Crippen molar-refractivity contribution in [3.8, 4) is 17.1 Å². The number of nitrogens with one attached hydrogen (secondary N) is 2. The van der Waals surface area contributed by atoms with Crippen LogP contribution < -0.4 is 10.1 Å². The molecule has 2 unspecified atom stereocenters. The summed E-state index contributed by atoms with van der Waals surface area (Å²) in [5, 5.41) is 12.8. The minimum atomic E-state index is -0.643. The minimum absolute atomic E-state index is 0.232. The molecular weight excluding hydrogens is 493 g/mol. The first-order valence-corrected chi connectivity index (χ1v) is 13.0. The molecule has 4 atom stereocenters. The molecule has 1 aliphatic carbocycles. The maximum atomic E-state index is 15.0. The molecule has 3 aromatic rings. The third-order valence-corrected chi connectivity index (χ3v) is 7.48. The van der Waals surface area contributed by atoms with Crippen molar-refractivity contribution in [3.63, 3.8) is 0 Å². The number of ether oxygens (including phenoxy) is 4. The van der Waals surface area contributed by atoms with Gasteiger partial charge in [0.1, 0.15) is 24.0 Å². The molecular formula is C28H34FN3O6. The van der Waals surface area contributed by atoms with Crippen LogP contribution in [0.4, 0.5) is 4.39 Å². The zero-order valence-corrected chi connectivity index (χ0v) is 21.6. The molecule has 3 N–H and O–H groups in total. The molecule has 1 saturated carbocycles. The van der Waals surface area contributed by atoms with Crippen molar-refractivity contribution in [2.75, 3.05) is 27.4 Å². The Labute approximate surface area is 220 Å². The molecule has 10 heteroatoms. The van der Waals surface area contributed by atoms with E-state index < -0.39 is 11.9 Å². The van der Waals surface area contributed by atoms with E-state index in [1.165, 1.54) is 11.6 Å². The second-order valence-electron chi connectivity index (χ2n) is 10.1. The highest BCUT2D eigenvalue weighted by molar-refractivity contribution is 5.80. The van der Waals surface area contributed by atoms with Crippen LogP contribution >= 0.6 is 0 Å². The Morgan fingerprint density at radius 1 is 1.08 bits per heavy atom. The van der Waals surface area contributed by atoms with Gasteiger partial charge in [0.15, 0.2) is 17.8 Å². The number of aliphatic hydroxyl groups excluding tert-OH is 1. The highest BCUT2D eigenvalue weighted by atomic mass is 19.1. The van der Waals surface area contributed by atoms with E-state index in [-0.39, 0.29) is 31.0 Å². The Bertz CT molecular complexity index is 1230. The zero-order chi connectivity index (χ0) is 26.6. The number of amides is 1. The number of methoxy groups -OCH3 is 1. The van der Waals surface area contributed by atoms with Crippen LogP contribution in [-0.2, 0) is 19.0 Å². The number of aliphatic hydroxyl groups is 1. The van der Waals surface area contributed by atoms with Crippen LogP contribution in [0.15, 0.2) is 36.4 Å². The number of fused-ring (bicyclic) bond motifs is 2. The van der Waals surface area contributed by atoms with Gasteiger partial charge in [0.2, 0.25) is 6.41 Å². The van der Waals surface area contributed by atoms with Crippen molar-refractivity contribution in [1.29, 1.82) is 0 Å². The third kappa shape index (κ3) is 5.54. The molecule has 1 amide bonds. The Hall–Kier alpha value is -3.05. The normalized spacial score (nSPS) is 28.4. The molecule has 4 heterocycles. The van der Waals surface area contributed by atoms with Crippen LogP contribution in [0, 0.1) is 5.82 Å². The van der Waals surface area contributed by atoms with Gasteiger partial charge in [-0.05, 0) is 37.2 Å².